The number of nitrogens with zero attached hydrogens (tertiary/aromatic N) is 5. The van der Waals surface area contributed by atoms with E-state index in [1.165, 1.54) is 12.8 Å². The molecule has 4 heterocycles. The van der Waals surface area contributed by atoms with E-state index < -0.39 is 5.41 Å². The number of urea groups is 1. The van der Waals surface area contributed by atoms with Gasteiger partial charge >= 0.3 is 6.03 Å². The molecule has 3 aliphatic heterocycles. The van der Waals surface area contributed by atoms with E-state index in [-0.39, 0.29) is 17.4 Å². The van der Waals surface area contributed by atoms with Crippen LogP contribution in [0.4, 0.5) is 10.7 Å². The fourth-order valence-corrected chi connectivity index (χ4v) is 6.55. The normalized spacial score (nSPS) is 28.3. The van der Waals surface area contributed by atoms with Crippen molar-refractivity contribution in [1.29, 1.82) is 0 Å². The Balaban J connectivity index is 1.36. The van der Waals surface area contributed by atoms with Crippen molar-refractivity contribution >= 4 is 17.9 Å². The number of aromatic nitrogens is 2. The maximum Gasteiger partial charge on any atom is 0.317 e. The third-order valence-corrected chi connectivity index (χ3v) is 8.38. The third kappa shape index (κ3) is 3.34. The fraction of sp³-hybridized carbons (Fsp3) is 0.739. The molecule has 0 bridgehead atoms. The lowest BCUT2D eigenvalue weighted by molar-refractivity contribution is -0.141. The topological polar surface area (TPSA) is 81.7 Å². The van der Waals surface area contributed by atoms with Crippen LogP contribution in [-0.2, 0) is 4.79 Å². The highest BCUT2D eigenvalue weighted by Crippen LogP contribution is 2.58. The van der Waals surface area contributed by atoms with Gasteiger partial charge in [0.1, 0.15) is 0 Å². The van der Waals surface area contributed by atoms with E-state index >= 15 is 0 Å². The lowest BCUT2D eigenvalue weighted by Gasteiger charge is -2.46. The summed E-state index contributed by atoms with van der Waals surface area (Å²) in [7, 11) is 0. The Morgan fingerprint density at radius 2 is 1.81 bits per heavy atom. The number of hydrogen-bond donors (Lipinski definition) is 1. The third-order valence-electron chi connectivity index (χ3n) is 8.38. The standard InChI is InChI=1S/C23H34N6O2/c1-2-27-15-10-23(19(27)30)17-29(20-24-11-5-12-25-20)16-22(23)8-13-28(14-9-22)21(31)26-18-6-3-4-7-18/h5,11-12,18H,2-4,6-10,13-17H2,1H3,(H,26,31)/t23-/m1/s1. The highest BCUT2D eigenvalue weighted by molar-refractivity contribution is 5.87. The smallest absolute Gasteiger partial charge is 0.317 e. The summed E-state index contributed by atoms with van der Waals surface area (Å²) in [5.74, 6) is 1.00. The van der Waals surface area contributed by atoms with Crippen molar-refractivity contribution in [2.24, 2.45) is 10.8 Å². The summed E-state index contributed by atoms with van der Waals surface area (Å²) < 4.78 is 0. The van der Waals surface area contributed by atoms with Crippen molar-refractivity contribution in [2.75, 3.05) is 44.2 Å². The van der Waals surface area contributed by atoms with Gasteiger partial charge in [-0.1, -0.05) is 12.8 Å². The van der Waals surface area contributed by atoms with Crippen LogP contribution in [0.2, 0.25) is 0 Å². The Morgan fingerprint density at radius 3 is 2.45 bits per heavy atom. The summed E-state index contributed by atoms with van der Waals surface area (Å²) in [6, 6.07) is 2.23. The molecule has 3 saturated heterocycles. The van der Waals surface area contributed by atoms with Crippen molar-refractivity contribution < 1.29 is 9.59 Å². The zero-order valence-electron chi connectivity index (χ0n) is 18.6. The number of fused-ring (bicyclic) bond motifs is 1. The molecule has 4 aliphatic rings. The monoisotopic (exact) mass is 426 g/mol. The minimum atomic E-state index is -0.393. The van der Waals surface area contributed by atoms with E-state index in [4.69, 9.17) is 0 Å². The summed E-state index contributed by atoms with van der Waals surface area (Å²) in [6.07, 6.45) is 10.8. The number of hydrogen-bond acceptors (Lipinski definition) is 5. The lowest BCUT2D eigenvalue weighted by Crippen LogP contribution is -2.55. The van der Waals surface area contributed by atoms with E-state index in [1.807, 2.05) is 15.9 Å². The first kappa shape index (κ1) is 20.5. The number of likely N-dealkylation sites (tertiary alicyclic amines) is 2. The highest BCUT2D eigenvalue weighted by atomic mass is 16.2. The van der Waals surface area contributed by atoms with Crippen molar-refractivity contribution in [3.8, 4) is 0 Å². The second-order valence-electron chi connectivity index (χ2n) is 9.82. The van der Waals surface area contributed by atoms with Crippen molar-refractivity contribution in [2.45, 2.75) is 57.9 Å². The molecule has 8 heteroatoms. The molecule has 1 aromatic rings. The van der Waals surface area contributed by atoms with Gasteiger partial charge < -0.3 is 20.0 Å². The maximum absolute atomic E-state index is 13.6. The van der Waals surface area contributed by atoms with E-state index in [0.717, 1.165) is 51.7 Å². The number of amides is 3. The van der Waals surface area contributed by atoms with Crippen LogP contribution in [-0.4, -0.2) is 77.0 Å². The molecule has 3 amide bonds. The molecule has 0 aromatic carbocycles. The molecule has 0 radical (unpaired) electrons. The van der Waals surface area contributed by atoms with Gasteiger partial charge in [0.25, 0.3) is 0 Å². The Kier molecular flexibility index (Phi) is 5.26. The van der Waals surface area contributed by atoms with E-state index in [2.05, 4.69) is 27.1 Å². The Morgan fingerprint density at radius 1 is 1.10 bits per heavy atom. The van der Waals surface area contributed by atoms with Crippen molar-refractivity contribution in [3.63, 3.8) is 0 Å². The van der Waals surface area contributed by atoms with Crippen LogP contribution in [0.5, 0.6) is 0 Å². The number of rotatable bonds is 3. The molecule has 1 aromatic heterocycles. The molecule has 1 saturated carbocycles. The molecule has 8 nitrogen and oxygen atoms in total. The fourth-order valence-electron chi connectivity index (χ4n) is 6.55. The first-order valence-corrected chi connectivity index (χ1v) is 11.9. The van der Waals surface area contributed by atoms with E-state index in [1.54, 1.807) is 12.4 Å². The number of piperidine rings is 1. The largest absolute Gasteiger partial charge is 0.342 e. The van der Waals surface area contributed by atoms with Crippen LogP contribution in [0.3, 0.4) is 0 Å². The quantitative estimate of drug-likeness (QED) is 0.802. The van der Waals surface area contributed by atoms with Crippen LogP contribution in [0.15, 0.2) is 18.5 Å². The summed E-state index contributed by atoms with van der Waals surface area (Å²) in [4.78, 5) is 41.6. The molecule has 1 N–H and O–H groups in total. The summed E-state index contributed by atoms with van der Waals surface area (Å²) in [6.45, 7) is 6.54. The summed E-state index contributed by atoms with van der Waals surface area (Å²) in [5, 5.41) is 3.23. The minimum Gasteiger partial charge on any atom is -0.342 e. The predicted molar refractivity (Wildman–Crippen MR) is 118 cm³/mol. The van der Waals surface area contributed by atoms with Crippen LogP contribution in [0.25, 0.3) is 0 Å². The molecule has 4 fully saturated rings. The number of carbonyl (C=O) groups is 2. The van der Waals surface area contributed by atoms with Gasteiger partial charge in [0.05, 0.1) is 5.41 Å². The van der Waals surface area contributed by atoms with Crippen LogP contribution < -0.4 is 10.2 Å². The first-order chi connectivity index (χ1) is 15.1. The van der Waals surface area contributed by atoms with Crippen molar-refractivity contribution in [1.82, 2.24) is 25.1 Å². The van der Waals surface area contributed by atoms with Gasteiger partial charge in [-0.2, -0.15) is 0 Å². The maximum atomic E-state index is 13.6. The van der Waals surface area contributed by atoms with Gasteiger partial charge in [0.15, 0.2) is 0 Å². The van der Waals surface area contributed by atoms with Crippen LogP contribution in [0.1, 0.15) is 51.9 Å². The predicted octanol–water partition coefficient (Wildman–Crippen LogP) is 2.27. The van der Waals surface area contributed by atoms with E-state index in [9.17, 15) is 9.59 Å². The number of nitrogens with one attached hydrogen (secondary N) is 1. The zero-order valence-corrected chi connectivity index (χ0v) is 18.6. The highest BCUT2D eigenvalue weighted by Gasteiger charge is 2.65. The second kappa shape index (κ2) is 7.95. The molecule has 1 aliphatic carbocycles. The van der Waals surface area contributed by atoms with Crippen molar-refractivity contribution in [3.05, 3.63) is 18.5 Å². The van der Waals surface area contributed by atoms with Gasteiger partial charge in [-0.25, -0.2) is 14.8 Å². The average Bonchev–Trinajstić information content (AvgIpc) is 3.50. The minimum absolute atomic E-state index is 0.0741. The number of carbonyl (C=O) groups excluding carboxylic acids is 2. The molecule has 1 atom stereocenters. The molecular weight excluding hydrogens is 392 g/mol. The summed E-state index contributed by atoms with van der Waals surface area (Å²) in [5.41, 5.74) is -0.520. The molecule has 0 unspecified atom stereocenters. The van der Waals surface area contributed by atoms with Gasteiger partial charge in [0, 0.05) is 63.1 Å². The lowest BCUT2D eigenvalue weighted by atomic mass is 9.60. The Hall–Kier alpha value is -2.38. The van der Waals surface area contributed by atoms with Crippen LogP contribution >= 0.6 is 0 Å². The van der Waals surface area contributed by atoms with Gasteiger partial charge in [-0.15, -0.1) is 0 Å². The first-order valence-electron chi connectivity index (χ1n) is 11.9. The molecular formula is C23H34N6O2. The average molecular weight is 427 g/mol. The summed E-state index contributed by atoms with van der Waals surface area (Å²) >= 11 is 0. The second-order valence-corrected chi connectivity index (χ2v) is 9.82. The van der Waals surface area contributed by atoms with E-state index in [0.29, 0.717) is 31.6 Å². The van der Waals surface area contributed by atoms with Gasteiger partial charge in [0.2, 0.25) is 11.9 Å². The Bertz CT molecular complexity index is 819. The number of anilines is 1. The Labute approximate surface area is 184 Å². The molecule has 168 valence electrons. The zero-order chi connectivity index (χ0) is 21.5. The molecule has 2 spiro atoms. The van der Waals surface area contributed by atoms with Gasteiger partial charge in [-0.3, -0.25) is 4.79 Å². The van der Waals surface area contributed by atoms with Crippen LogP contribution in [0, 0.1) is 10.8 Å². The SMILES string of the molecule is CCN1CC[C@@]2(CN(c3ncccn3)CC23CCN(C(=O)NC2CCCC2)CC3)C1=O. The molecule has 5 rings (SSSR count). The molecule has 31 heavy (non-hydrogen) atoms. The van der Waals surface area contributed by atoms with Gasteiger partial charge in [-0.05, 0) is 45.1 Å².